The minimum atomic E-state index is -4.82. The molecular formula is C19H22F6N8O2. The van der Waals surface area contributed by atoms with Crippen LogP contribution in [0.5, 0.6) is 0 Å². The highest BCUT2D eigenvalue weighted by molar-refractivity contribution is 5.74. The van der Waals surface area contributed by atoms with Crippen LogP contribution in [0.1, 0.15) is 24.0 Å². The SMILES string of the molecule is O=C(NCCCCNc1cn[nH]c(=O)c1C(F)(F)F)N1CCN(c2ncc(C(F)(F)F)cn2)CC1. The smallest absolute Gasteiger partial charge is 0.383 e. The number of aromatic amines is 1. The highest BCUT2D eigenvalue weighted by Crippen LogP contribution is 2.31. The topological polar surface area (TPSA) is 119 Å². The summed E-state index contributed by atoms with van der Waals surface area (Å²) in [5.74, 6) is 0.148. The second kappa shape index (κ2) is 10.8. The highest BCUT2D eigenvalue weighted by Gasteiger charge is 2.37. The van der Waals surface area contributed by atoms with Crippen LogP contribution in [0.25, 0.3) is 0 Å². The van der Waals surface area contributed by atoms with Crippen LogP contribution in [-0.2, 0) is 12.4 Å². The molecule has 1 aliphatic heterocycles. The van der Waals surface area contributed by atoms with Gasteiger partial charge in [0.15, 0.2) is 0 Å². The summed E-state index contributed by atoms with van der Waals surface area (Å²) < 4.78 is 76.8. The van der Waals surface area contributed by atoms with Crippen LogP contribution < -0.4 is 21.1 Å². The molecule has 0 bridgehead atoms. The van der Waals surface area contributed by atoms with E-state index in [0.717, 1.165) is 6.20 Å². The summed E-state index contributed by atoms with van der Waals surface area (Å²) in [6, 6.07) is -0.330. The van der Waals surface area contributed by atoms with Gasteiger partial charge in [-0.25, -0.2) is 19.9 Å². The van der Waals surface area contributed by atoms with Crippen molar-refractivity contribution >= 4 is 17.7 Å². The number of urea groups is 1. The minimum Gasteiger partial charge on any atom is -0.383 e. The molecule has 2 aromatic rings. The minimum absolute atomic E-state index is 0.135. The number of aromatic nitrogens is 4. The lowest BCUT2D eigenvalue weighted by Gasteiger charge is -2.34. The van der Waals surface area contributed by atoms with Crippen molar-refractivity contribution in [1.29, 1.82) is 0 Å². The summed E-state index contributed by atoms with van der Waals surface area (Å²) in [6.07, 6.45) is -6.13. The molecule has 16 heteroatoms. The van der Waals surface area contributed by atoms with Crippen LogP contribution in [-0.4, -0.2) is 70.4 Å². The summed E-state index contributed by atoms with van der Waals surface area (Å²) >= 11 is 0. The predicted molar refractivity (Wildman–Crippen MR) is 112 cm³/mol. The molecule has 0 spiro atoms. The molecular weight excluding hydrogens is 486 g/mol. The van der Waals surface area contributed by atoms with Crippen LogP contribution in [0, 0.1) is 0 Å². The Kier molecular flexibility index (Phi) is 8.01. The fraction of sp³-hybridized carbons (Fsp3) is 0.526. The van der Waals surface area contributed by atoms with Gasteiger partial charge in [-0.15, -0.1) is 0 Å². The molecule has 3 N–H and O–H groups in total. The summed E-state index contributed by atoms with van der Waals surface area (Å²) in [5.41, 5.74) is -4.04. The van der Waals surface area contributed by atoms with Crippen molar-refractivity contribution in [1.82, 2.24) is 30.4 Å². The number of halogens is 6. The third-order valence-electron chi connectivity index (χ3n) is 5.15. The Morgan fingerprint density at radius 3 is 2.17 bits per heavy atom. The number of carbonyl (C=O) groups excluding carboxylic acids is 1. The van der Waals surface area contributed by atoms with E-state index in [1.807, 2.05) is 0 Å². The molecule has 3 heterocycles. The molecule has 192 valence electrons. The van der Waals surface area contributed by atoms with Gasteiger partial charge in [0, 0.05) is 51.7 Å². The van der Waals surface area contributed by atoms with Crippen molar-refractivity contribution in [3.05, 3.63) is 40.1 Å². The molecule has 0 aromatic carbocycles. The van der Waals surface area contributed by atoms with Crippen LogP contribution in [0.15, 0.2) is 23.4 Å². The monoisotopic (exact) mass is 508 g/mol. The lowest BCUT2D eigenvalue weighted by Crippen LogP contribution is -2.52. The van der Waals surface area contributed by atoms with Crippen molar-refractivity contribution < 1.29 is 31.1 Å². The Hall–Kier alpha value is -3.59. The van der Waals surface area contributed by atoms with Gasteiger partial charge in [0.1, 0.15) is 5.56 Å². The number of unbranched alkanes of at least 4 members (excludes halogenated alkanes) is 1. The zero-order valence-electron chi connectivity index (χ0n) is 18.2. The van der Waals surface area contributed by atoms with Crippen LogP contribution >= 0.6 is 0 Å². The van der Waals surface area contributed by atoms with Crippen LogP contribution in [0.4, 0.5) is 42.8 Å². The largest absolute Gasteiger partial charge is 0.423 e. The maximum absolute atomic E-state index is 13.0. The van der Waals surface area contributed by atoms with Crippen molar-refractivity contribution in [3.63, 3.8) is 0 Å². The molecule has 35 heavy (non-hydrogen) atoms. The predicted octanol–water partition coefficient (Wildman–Crippen LogP) is 2.32. The number of piperazine rings is 1. The summed E-state index contributed by atoms with van der Waals surface area (Å²) in [4.78, 5) is 34.4. The van der Waals surface area contributed by atoms with Crippen molar-refractivity contribution in [2.24, 2.45) is 0 Å². The summed E-state index contributed by atoms with van der Waals surface area (Å²) in [5, 5.41) is 10.4. The number of carbonyl (C=O) groups is 1. The fourth-order valence-electron chi connectivity index (χ4n) is 3.33. The number of anilines is 2. The van der Waals surface area contributed by atoms with Crippen molar-refractivity contribution in [3.8, 4) is 0 Å². The molecule has 2 aromatic heterocycles. The van der Waals surface area contributed by atoms with E-state index in [4.69, 9.17) is 0 Å². The van der Waals surface area contributed by atoms with Crippen LogP contribution in [0.3, 0.4) is 0 Å². The molecule has 1 fully saturated rings. The zero-order chi connectivity index (χ0) is 25.6. The third kappa shape index (κ3) is 6.95. The molecule has 1 aliphatic rings. The molecule has 0 saturated carbocycles. The van der Waals surface area contributed by atoms with E-state index in [1.54, 1.807) is 10.00 Å². The number of amides is 2. The normalized spacial score (nSPS) is 14.7. The number of rotatable bonds is 7. The number of nitrogens with one attached hydrogen (secondary N) is 3. The van der Waals surface area contributed by atoms with Gasteiger partial charge < -0.3 is 20.4 Å². The Morgan fingerprint density at radius 2 is 1.57 bits per heavy atom. The van der Waals surface area contributed by atoms with E-state index in [-0.39, 0.29) is 25.1 Å². The zero-order valence-corrected chi connectivity index (χ0v) is 18.2. The van der Waals surface area contributed by atoms with Crippen molar-refractivity contribution in [2.45, 2.75) is 25.2 Å². The third-order valence-corrected chi connectivity index (χ3v) is 5.15. The van der Waals surface area contributed by atoms with E-state index in [1.165, 1.54) is 4.90 Å². The van der Waals surface area contributed by atoms with Gasteiger partial charge in [0.05, 0.1) is 17.4 Å². The fourth-order valence-corrected chi connectivity index (χ4v) is 3.33. The number of hydrogen-bond donors (Lipinski definition) is 3. The van der Waals surface area contributed by atoms with Gasteiger partial charge in [0.2, 0.25) is 5.95 Å². The number of hydrogen-bond acceptors (Lipinski definition) is 7. The van der Waals surface area contributed by atoms with E-state index in [2.05, 4.69) is 25.7 Å². The summed E-state index contributed by atoms with van der Waals surface area (Å²) in [6.45, 7) is 1.72. The van der Waals surface area contributed by atoms with Crippen molar-refractivity contribution in [2.75, 3.05) is 49.5 Å². The average Bonchev–Trinajstić information content (AvgIpc) is 2.80. The molecule has 0 radical (unpaired) electrons. The molecule has 1 saturated heterocycles. The van der Waals surface area contributed by atoms with Gasteiger partial charge in [-0.1, -0.05) is 0 Å². The second-order valence-corrected chi connectivity index (χ2v) is 7.59. The first-order valence-electron chi connectivity index (χ1n) is 10.5. The van der Waals surface area contributed by atoms with Gasteiger partial charge in [-0.05, 0) is 12.8 Å². The van der Waals surface area contributed by atoms with E-state index >= 15 is 0 Å². The lowest BCUT2D eigenvalue weighted by molar-refractivity contribution is -0.139. The van der Waals surface area contributed by atoms with Gasteiger partial charge in [-0.2, -0.15) is 31.4 Å². The molecule has 3 rings (SSSR count). The Balaban J connectivity index is 1.36. The summed E-state index contributed by atoms with van der Waals surface area (Å²) in [7, 11) is 0. The first kappa shape index (κ1) is 26.0. The molecule has 0 unspecified atom stereocenters. The molecule has 0 atom stereocenters. The molecule has 2 amide bonds. The second-order valence-electron chi connectivity index (χ2n) is 7.59. The van der Waals surface area contributed by atoms with E-state index in [9.17, 15) is 35.9 Å². The van der Waals surface area contributed by atoms with Gasteiger partial charge >= 0.3 is 18.4 Å². The first-order chi connectivity index (χ1) is 16.5. The highest BCUT2D eigenvalue weighted by atomic mass is 19.4. The number of H-pyrrole nitrogens is 1. The Morgan fingerprint density at radius 1 is 0.943 bits per heavy atom. The van der Waals surface area contributed by atoms with E-state index in [0.29, 0.717) is 51.4 Å². The van der Waals surface area contributed by atoms with E-state index < -0.39 is 34.7 Å². The number of nitrogens with zero attached hydrogens (tertiary/aromatic N) is 5. The average molecular weight is 508 g/mol. The Labute approximate surface area is 194 Å². The molecule has 10 nitrogen and oxygen atoms in total. The Bertz CT molecular complexity index is 1050. The van der Waals surface area contributed by atoms with Crippen LogP contribution in [0.2, 0.25) is 0 Å². The van der Waals surface area contributed by atoms with Gasteiger partial charge in [-0.3, -0.25) is 4.79 Å². The standard InChI is InChI=1S/C19H22F6N8O2/c20-18(21,22)12-9-28-16(29-10-12)32-5-7-33(8-6-32)17(35)27-4-2-1-3-26-13-11-30-31-15(34)14(13)19(23,24)25/h9-11H,1-8H2,(H,27,35)(H2,26,31,34). The van der Waals surface area contributed by atoms with Gasteiger partial charge in [0.25, 0.3) is 5.56 Å². The quantitative estimate of drug-likeness (QED) is 0.388. The lowest BCUT2D eigenvalue weighted by atomic mass is 10.2. The first-order valence-corrected chi connectivity index (χ1v) is 10.5. The maximum Gasteiger partial charge on any atom is 0.423 e. The maximum atomic E-state index is 13.0. The molecule has 0 aliphatic carbocycles. The number of alkyl halides is 6.